The molecule has 2 aromatic rings. The number of ketones is 1. The van der Waals surface area contributed by atoms with Crippen LogP contribution in [-0.4, -0.2) is 39.4 Å². The maximum absolute atomic E-state index is 12.7. The first-order valence-electron chi connectivity index (χ1n) is 8.44. The Morgan fingerprint density at radius 3 is 2.67 bits per heavy atom. The Morgan fingerprint density at radius 2 is 2.00 bits per heavy atom. The molecular weight excluding hydrogens is 302 g/mol. The molecule has 0 radical (unpaired) electrons. The van der Waals surface area contributed by atoms with Gasteiger partial charge in [0.05, 0.1) is 12.1 Å². The van der Waals surface area contributed by atoms with Crippen molar-refractivity contribution in [1.82, 2.24) is 15.1 Å². The summed E-state index contributed by atoms with van der Waals surface area (Å²) in [6.07, 6.45) is 2.61. The number of aryl methyl sites for hydroxylation is 2. The number of Topliss-reactive ketones (excluding diaryl/α,β-unsaturated/α-hetero) is 1. The zero-order valence-electron chi connectivity index (χ0n) is 14.2. The van der Waals surface area contributed by atoms with Crippen molar-refractivity contribution in [1.29, 1.82) is 0 Å². The van der Waals surface area contributed by atoms with E-state index in [-0.39, 0.29) is 17.7 Å². The zero-order valence-corrected chi connectivity index (χ0v) is 14.2. The minimum atomic E-state index is 0.0118. The van der Waals surface area contributed by atoms with Gasteiger partial charge in [0.15, 0.2) is 5.78 Å². The van der Waals surface area contributed by atoms with Gasteiger partial charge in [-0.2, -0.15) is 5.10 Å². The molecule has 1 saturated heterocycles. The fourth-order valence-electron chi connectivity index (χ4n) is 3.42. The molecule has 1 aromatic carbocycles. The summed E-state index contributed by atoms with van der Waals surface area (Å²) in [7, 11) is 0. The minimum Gasteiger partial charge on any atom is -0.339 e. The van der Waals surface area contributed by atoms with Crippen molar-refractivity contribution < 1.29 is 9.59 Å². The Morgan fingerprint density at radius 1 is 1.25 bits per heavy atom. The molecule has 5 heteroatoms. The van der Waals surface area contributed by atoms with Crippen molar-refractivity contribution in [2.45, 2.75) is 45.6 Å². The third-order valence-electron chi connectivity index (χ3n) is 4.82. The lowest BCUT2D eigenvalue weighted by atomic mass is 10.0. The number of aromatic amines is 1. The van der Waals surface area contributed by atoms with Crippen LogP contribution in [0.15, 0.2) is 30.3 Å². The van der Waals surface area contributed by atoms with Gasteiger partial charge in [-0.15, -0.1) is 0 Å². The maximum atomic E-state index is 12.7. The van der Waals surface area contributed by atoms with Gasteiger partial charge in [-0.3, -0.25) is 14.7 Å². The highest BCUT2D eigenvalue weighted by Gasteiger charge is 2.31. The molecule has 5 nitrogen and oxygen atoms in total. The SMILES string of the molecule is Cc1n[nH]c(C)c1CC(=O)N1CCC[C@H]1CC(=O)c1ccccc1. The third kappa shape index (κ3) is 3.40. The van der Waals surface area contributed by atoms with Gasteiger partial charge in [-0.05, 0) is 26.7 Å². The van der Waals surface area contributed by atoms with Crippen LogP contribution in [0.5, 0.6) is 0 Å². The van der Waals surface area contributed by atoms with Gasteiger partial charge in [-0.1, -0.05) is 30.3 Å². The molecule has 3 rings (SSSR count). The van der Waals surface area contributed by atoms with E-state index in [1.165, 1.54) is 0 Å². The van der Waals surface area contributed by atoms with Crippen LogP contribution in [0.2, 0.25) is 0 Å². The van der Waals surface area contributed by atoms with Crippen molar-refractivity contribution in [2.24, 2.45) is 0 Å². The van der Waals surface area contributed by atoms with Gasteiger partial charge >= 0.3 is 0 Å². The number of likely N-dealkylation sites (tertiary alicyclic amines) is 1. The zero-order chi connectivity index (χ0) is 17.1. The number of hydrogen-bond acceptors (Lipinski definition) is 3. The number of nitrogens with zero attached hydrogens (tertiary/aromatic N) is 2. The normalized spacial score (nSPS) is 17.2. The fourth-order valence-corrected chi connectivity index (χ4v) is 3.42. The molecule has 1 fully saturated rings. The summed E-state index contributed by atoms with van der Waals surface area (Å²) in [4.78, 5) is 27.0. The van der Waals surface area contributed by atoms with Crippen LogP contribution in [-0.2, 0) is 11.2 Å². The fraction of sp³-hybridized carbons (Fsp3) is 0.421. The lowest BCUT2D eigenvalue weighted by molar-refractivity contribution is -0.131. The van der Waals surface area contributed by atoms with Crippen molar-refractivity contribution in [3.8, 4) is 0 Å². The van der Waals surface area contributed by atoms with Crippen LogP contribution in [0.1, 0.15) is 46.6 Å². The van der Waals surface area contributed by atoms with Gasteiger partial charge < -0.3 is 4.90 Å². The summed E-state index contributed by atoms with van der Waals surface area (Å²) in [5, 5.41) is 7.08. The number of rotatable bonds is 5. The molecule has 24 heavy (non-hydrogen) atoms. The van der Waals surface area contributed by atoms with Crippen LogP contribution >= 0.6 is 0 Å². The Balaban J connectivity index is 1.67. The quantitative estimate of drug-likeness (QED) is 0.860. The Kier molecular flexibility index (Phi) is 4.79. The predicted octanol–water partition coefficient (Wildman–Crippen LogP) is 2.83. The largest absolute Gasteiger partial charge is 0.339 e. The molecule has 1 N–H and O–H groups in total. The number of nitrogens with one attached hydrogen (secondary N) is 1. The monoisotopic (exact) mass is 325 g/mol. The van der Waals surface area contributed by atoms with Crippen molar-refractivity contribution >= 4 is 11.7 Å². The highest BCUT2D eigenvalue weighted by molar-refractivity contribution is 5.96. The van der Waals surface area contributed by atoms with E-state index in [9.17, 15) is 9.59 Å². The van der Waals surface area contributed by atoms with E-state index in [1.807, 2.05) is 49.1 Å². The summed E-state index contributed by atoms with van der Waals surface area (Å²) in [6.45, 7) is 4.58. The number of H-pyrrole nitrogens is 1. The highest BCUT2D eigenvalue weighted by atomic mass is 16.2. The van der Waals surface area contributed by atoms with Gasteiger partial charge in [-0.25, -0.2) is 0 Å². The Labute approximate surface area is 142 Å². The molecular formula is C19H23N3O2. The number of benzene rings is 1. The smallest absolute Gasteiger partial charge is 0.227 e. The average Bonchev–Trinajstić information content (AvgIpc) is 3.17. The molecule has 1 aliphatic rings. The second-order valence-electron chi connectivity index (χ2n) is 6.47. The lowest BCUT2D eigenvalue weighted by Crippen LogP contribution is -2.38. The van der Waals surface area contributed by atoms with E-state index in [1.54, 1.807) is 0 Å². The summed E-state index contributed by atoms with van der Waals surface area (Å²) in [5.74, 6) is 0.196. The molecule has 2 heterocycles. The predicted molar refractivity (Wildman–Crippen MR) is 91.9 cm³/mol. The van der Waals surface area contributed by atoms with Gasteiger partial charge in [0.2, 0.25) is 5.91 Å². The first-order valence-corrected chi connectivity index (χ1v) is 8.44. The van der Waals surface area contributed by atoms with Gasteiger partial charge in [0, 0.05) is 35.8 Å². The molecule has 0 aliphatic carbocycles. The minimum absolute atomic E-state index is 0.0118. The number of amides is 1. The maximum Gasteiger partial charge on any atom is 0.227 e. The summed E-state index contributed by atoms with van der Waals surface area (Å²) in [5.41, 5.74) is 3.51. The molecule has 0 unspecified atom stereocenters. The number of aromatic nitrogens is 2. The van der Waals surface area contributed by atoms with E-state index in [0.717, 1.165) is 41.9 Å². The Hall–Kier alpha value is -2.43. The van der Waals surface area contributed by atoms with Crippen molar-refractivity contribution in [2.75, 3.05) is 6.54 Å². The van der Waals surface area contributed by atoms with Gasteiger partial charge in [0.25, 0.3) is 0 Å². The summed E-state index contributed by atoms with van der Waals surface area (Å²) in [6, 6.07) is 9.32. The molecule has 0 spiro atoms. The number of carbonyl (C=O) groups is 2. The van der Waals surface area contributed by atoms with Crippen LogP contribution in [0.3, 0.4) is 0 Å². The molecule has 1 amide bonds. The van der Waals surface area contributed by atoms with Crippen molar-refractivity contribution in [3.05, 3.63) is 52.8 Å². The highest BCUT2D eigenvalue weighted by Crippen LogP contribution is 2.23. The second kappa shape index (κ2) is 6.99. The average molecular weight is 325 g/mol. The molecule has 0 saturated carbocycles. The Bertz CT molecular complexity index is 717. The van der Waals surface area contributed by atoms with E-state index >= 15 is 0 Å². The molecule has 1 atom stereocenters. The van der Waals surface area contributed by atoms with E-state index in [4.69, 9.17) is 0 Å². The molecule has 0 bridgehead atoms. The number of carbonyl (C=O) groups excluding carboxylic acids is 2. The van der Waals surface area contributed by atoms with E-state index < -0.39 is 0 Å². The second-order valence-corrected chi connectivity index (χ2v) is 6.47. The van der Waals surface area contributed by atoms with E-state index in [2.05, 4.69) is 10.2 Å². The van der Waals surface area contributed by atoms with E-state index in [0.29, 0.717) is 12.8 Å². The molecule has 126 valence electrons. The molecule has 1 aliphatic heterocycles. The number of hydrogen-bond donors (Lipinski definition) is 1. The lowest BCUT2D eigenvalue weighted by Gasteiger charge is -2.24. The van der Waals surface area contributed by atoms with Crippen molar-refractivity contribution in [3.63, 3.8) is 0 Å². The van der Waals surface area contributed by atoms with Crippen LogP contribution in [0, 0.1) is 13.8 Å². The summed E-state index contributed by atoms with van der Waals surface area (Å²) >= 11 is 0. The standard InChI is InChI=1S/C19H23N3O2/c1-13-17(14(2)21-20-13)12-19(24)22-10-6-9-16(22)11-18(23)15-7-4-3-5-8-15/h3-5,7-8,16H,6,9-12H2,1-2H3,(H,20,21)/t16-/m0/s1. The van der Waals surface area contributed by atoms with Crippen LogP contribution < -0.4 is 0 Å². The molecule has 1 aromatic heterocycles. The van der Waals surface area contributed by atoms with Crippen LogP contribution in [0.25, 0.3) is 0 Å². The topological polar surface area (TPSA) is 66.1 Å². The van der Waals surface area contributed by atoms with Gasteiger partial charge in [0.1, 0.15) is 0 Å². The first kappa shape index (κ1) is 16.4. The first-order chi connectivity index (χ1) is 11.6. The summed E-state index contributed by atoms with van der Waals surface area (Å²) < 4.78 is 0. The third-order valence-corrected chi connectivity index (χ3v) is 4.82. The van der Waals surface area contributed by atoms with Crippen LogP contribution in [0.4, 0.5) is 0 Å².